The molecule has 1 saturated heterocycles. The predicted molar refractivity (Wildman–Crippen MR) is 80.0 cm³/mol. The van der Waals surface area contributed by atoms with Crippen LogP contribution in [0.4, 0.5) is 4.79 Å². The highest BCUT2D eigenvalue weighted by Crippen LogP contribution is 2.22. The molecule has 2 rings (SSSR count). The van der Waals surface area contributed by atoms with Crippen LogP contribution in [0.15, 0.2) is 12.1 Å². The summed E-state index contributed by atoms with van der Waals surface area (Å²) in [4.78, 5) is 26.4. The molecule has 1 aromatic heterocycles. The number of amides is 3. The molecule has 1 fully saturated rings. The van der Waals surface area contributed by atoms with E-state index in [1.807, 2.05) is 12.1 Å². The molecule has 0 spiro atoms. The number of rotatable bonds is 3. The average molecular weight is 316 g/mol. The van der Waals surface area contributed by atoms with Crippen molar-refractivity contribution >= 4 is 34.9 Å². The Morgan fingerprint density at radius 1 is 1.55 bits per heavy atom. The molecule has 1 aliphatic heterocycles. The maximum Gasteiger partial charge on any atom is 0.318 e. The van der Waals surface area contributed by atoms with Gasteiger partial charge in [-0.05, 0) is 31.4 Å². The summed E-state index contributed by atoms with van der Waals surface area (Å²) in [6.07, 6.45) is 2.59. The first kappa shape index (κ1) is 15.1. The quantitative estimate of drug-likeness (QED) is 0.898. The van der Waals surface area contributed by atoms with Crippen LogP contribution in [-0.4, -0.2) is 36.5 Å². The molecule has 2 N–H and O–H groups in total. The van der Waals surface area contributed by atoms with Crippen molar-refractivity contribution in [3.8, 4) is 0 Å². The summed E-state index contributed by atoms with van der Waals surface area (Å²) in [5.74, 6) is -0.0941. The van der Waals surface area contributed by atoms with Gasteiger partial charge >= 0.3 is 6.03 Å². The second-order valence-corrected chi connectivity index (χ2v) is 6.65. The summed E-state index contributed by atoms with van der Waals surface area (Å²) in [7, 11) is 1.71. The first-order valence-corrected chi connectivity index (χ1v) is 7.79. The summed E-state index contributed by atoms with van der Waals surface area (Å²) < 4.78 is 0.706. The van der Waals surface area contributed by atoms with Crippen LogP contribution in [0.1, 0.15) is 24.1 Å². The zero-order chi connectivity index (χ0) is 14.5. The van der Waals surface area contributed by atoms with Gasteiger partial charge in [0.25, 0.3) is 0 Å². The zero-order valence-corrected chi connectivity index (χ0v) is 12.9. The largest absolute Gasteiger partial charge is 0.354 e. The molecule has 2 heterocycles. The molecule has 3 amide bonds. The Morgan fingerprint density at radius 2 is 2.35 bits per heavy atom. The van der Waals surface area contributed by atoms with Gasteiger partial charge in [0.2, 0.25) is 5.91 Å². The van der Waals surface area contributed by atoms with Crippen molar-refractivity contribution in [2.24, 2.45) is 0 Å². The van der Waals surface area contributed by atoms with E-state index in [2.05, 4.69) is 10.6 Å². The number of nitrogens with one attached hydrogen (secondary N) is 2. The Balaban J connectivity index is 1.88. The molecular formula is C13H18ClN3O2S. The van der Waals surface area contributed by atoms with Gasteiger partial charge in [-0.1, -0.05) is 11.6 Å². The van der Waals surface area contributed by atoms with E-state index >= 15 is 0 Å². The van der Waals surface area contributed by atoms with E-state index in [0.717, 1.165) is 17.7 Å². The highest BCUT2D eigenvalue weighted by molar-refractivity contribution is 7.16. The normalized spacial score (nSPS) is 19.1. The molecule has 5 nitrogen and oxygen atoms in total. The van der Waals surface area contributed by atoms with Gasteiger partial charge in [0.1, 0.15) is 6.04 Å². The monoisotopic (exact) mass is 315 g/mol. The SMILES string of the molecule is CN(Cc1ccc(Cl)s1)C(=O)NC1CCCCNC1=O. The maximum atomic E-state index is 12.1. The lowest BCUT2D eigenvalue weighted by Crippen LogP contribution is -2.49. The Morgan fingerprint density at radius 3 is 3.05 bits per heavy atom. The lowest BCUT2D eigenvalue weighted by molar-refractivity contribution is -0.122. The molecule has 1 aliphatic rings. The van der Waals surface area contributed by atoms with E-state index < -0.39 is 6.04 Å². The number of carbonyl (C=O) groups is 2. The Labute approximate surface area is 127 Å². The summed E-state index contributed by atoms with van der Waals surface area (Å²) in [5, 5.41) is 5.59. The number of hydrogen-bond donors (Lipinski definition) is 2. The van der Waals surface area contributed by atoms with Crippen LogP contribution >= 0.6 is 22.9 Å². The van der Waals surface area contributed by atoms with Crippen molar-refractivity contribution in [2.75, 3.05) is 13.6 Å². The van der Waals surface area contributed by atoms with Gasteiger partial charge < -0.3 is 15.5 Å². The van der Waals surface area contributed by atoms with Gasteiger partial charge in [-0.3, -0.25) is 4.79 Å². The minimum Gasteiger partial charge on any atom is -0.354 e. The fourth-order valence-corrected chi connectivity index (χ4v) is 3.22. The summed E-state index contributed by atoms with van der Waals surface area (Å²) in [6.45, 7) is 1.17. The van der Waals surface area contributed by atoms with E-state index in [1.165, 1.54) is 11.3 Å². The number of thiophene rings is 1. The maximum absolute atomic E-state index is 12.1. The van der Waals surface area contributed by atoms with Crippen molar-refractivity contribution < 1.29 is 9.59 Å². The minimum atomic E-state index is -0.431. The van der Waals surface area contributed by atoms with Gasteiger partial charge in [0, 0.05) is 18.5 Å². The second kappa shape index (κ2) is 6.95. The topological polar surface area (TPSA) is 61.4 Å². The van der Waals surface area contributed by atoms with Crippen LogP contribution in [0.5, 0.6) is 0 Å². The van der Waals surface area contributed by atoms with Crippen molar-refractivity contribution in [1.29, 1.82) is 0 Å². The van der Waals surface area contributed by atoms with Gasteiger partial charge in [0.05, 0.1) is 10.9 Å². The third-order valence-electron chi connectivity index (χ3n) is 3.20. The number of halogens is 1. The number of nitrogens with zero attached hydrogens (tertiary/aromatic N) is 1. The van der Waals surface area contributed by atoms with Gasteiger partial charge in [-0.25, -0.2) is 4.79 Å². The van der Waals surface area contributed by atoms with Crippen LogP contribution < -0.4 is 10.6 Å². The standard InChI is InChI=1S/C13H18ClN3O2S/c1-17(8-9-5-6-11(14)20-9)13(19)16-10-4-2-3-7-15-12(10)18/h5-6,10H,2-4,7-8H2,1H3,(H,15,18)(H,16,19). The van der Waals surface area contributed by atoms with E-state index in [-0.39, 0.29) is 11.9 Å². The molecule has 110 valence electrons. The summed E-state index contributed by atoms with van der Waals surface area (Å²) in [5.41, 5.74) is 0. The molecule has 0 bridgehead atoms. The molecule has 0 aromatic carbocycles. The van der Waals surface area contributed by atoms with Gasteiger partial charge in [0.15, 0.2) is 0 Å². The number of urea groups is 1. The molecule has 1 unspecified atom stereocenters. The smallest absolute Gasteiger partial charge is 0.318 e. The first-order valence-electron chi connectivity index (χ1n) is 6.60. The highest BCUT2D eigenvalue weighted by atomic mass is 35.5. The average Bonchev–Trinajstić information content (AvgIpc) is 2.70. The third kappa shape index (κ3) is 4.11. The lowest BCUT2D eigenvalue weighted by Gasteiger charge is -2.21. The Kier molecular flexibility index (Phi) is 5.25. The molecule has 1 atom stereocenters. The fraction of sp³-hybridized carbons (Fsp3) is 0.538. The van der Waals surface area contributed by atoms with E-state index in [9.17, 15) is 9.59 Å². The van der Waals surface area contributed by atoms with Crippen LogP contribution in [0.25, 0.3) is 0 Å². The first-order chi connectivity index (χ1) is 9.56. The molecule has 0 saturated carbocycles. The minimum absolute atomic E-state index is 0.0941. The molecule has 0 aliphatic carbocycles. The zero-order valence-electron chi connectivity index (χ0n) is 11.3. The van der Waals surface area contributed by atoms with E-state index in [0.29, 0.717) is 23.8 Å². The molecular weight excluding hydrogens is 298 g/mol. The van der Waals surface area contributed by atoms with E-state index in [4.69, 9.17) is 11.6 Å². The van der Waals surface area contributed by atoms with E-state index in [1.54, 1.807) is 11.9 Å². The second-order valence-electron chi connectivity index (χ2n) is 4.85. The predicted octanol–water partition coefficient (Wildman–Crippen LogP) is 2.21. The van der Waals surface area contributed by atoms with Gasteiger partial charge in [-0.15, -0.1) is 11.3 Å². The highest BCUT2D eigenvalue weighted by Gasteiger charge is 2.23. The van der Waals surface area contributed by atoms with Crippen LogP contribution in [0, 0.1) is 0 Å². The summed E-state index contributed by atoms with van der Waals surface area (Å²) in [6, 6.07) is 3.04. The van der Waals surface area contributed by atoms with Crippen molar-refractivity contribution in [1.82, 2.24) is 15.5 Å². The van der Waals surface area contributed by atoms with Gasteiger partial charge in [-0.2, -0.15) is 0 Å². The van der Waals surface area contributed by atoms with Crippen LogP contribution in [-0.2, 0) is 11.3 Å². The molecule has 7 heteroatoms. The third-order valence-corrected chi connectivity index (χ3v) is 4.42. The van der Waals surface area contributed by atoms with Crippen molar-refractivity contribution in [3.63, 3.8) is 0 Å². The van der Waals surface area contributed by atoms with Crippen LogP contribution in [0.2, 0.25) is 4.34 Å². The lowest BCUT2D eigenvalue weighted by atomic mass is 10.1. The van der Waals surface area contributed by atoms with Crippen molar-refractivity contribution in [2.45, 2.75) is 31.8 Å². The van der Waals surface area contributed by atoms with Crippen LogP contribution in [0.3, 0.4) is 0 Å². The Hall–Kier alpha value is -1.27. The molecule has 1 aromatic rings. The molecule has 20 heavy (non-hydrogen) atoms. The molecule has 0 radical (unpaired) electrons. The summed E-state index contributed by atoms with van der Waals surface area (Å²) >= 11 is 7.31. The fourth-order valence-electron chi connectivity index (χ4n) is 2.08. The van der Waals surface area contributed by atoms with Crippen molar-refractivity contribution in [3.05, 3.63) is 21.3 Å². The Bertz CT molecular complexity index is 492. The number of hydrogen-bond acceptors (Lipinski definition) is 3. The number of carbonyl (C=O) groups excluding carboxylic acids is 2.